The molecule has 0 radical (unpaired) electrons. The zero-order valence-corrected chi connectivity index (χ0v) is 10.4. The fourth-order valence-corrected chi connectivity index (χ4v) is 2.84. The minimum Gasteiger partial charge on any atom is -0.484 e. The van der Waals surface area contributed by atoms with Crippen LogP contribution < -0.4 is 9.47 Å². The summed E-state index contributed by atoms with van der Waals surface area (Å²) in [7, 11) is 0. The Morgan fingerprint density at radius 3 is 2.80 bits per heavy atom. The molecule has 0 aliphatic carbocycles. The van der Waals surface area contributed by atoms with Crippen molar-refractivity contribution >= 4 is 33.2 Å². The van der Waals surface area contributed by atoms with E-state index < -0.39 is 0 Å². The van der Waals surface area contributed by atoms with Crippen LogP contribution in [0.25, 0.3) is 0 Å². The maximum Gasteiger partial charge on any atom is 0.352 e. The van der Waals surface area contributed by atoms with Gasteiger partial charge in [-0.25, -0.2) is 4.79 Å². The Bertz CT molecular complexity index is 388. The number of rotatable bonds is 2. The normalized spacial score (nSPS) is 13.7. The average Bonchev–Trinajstić information content (AvgIpc) is 2.58. The Labute approximate surface area is 99.3 Å². The third-order valence-corrected chi connectivity index (χ3v) is 3.59. The number of hydrogen-bond donors (Lipinski definition) is 0. The van der Waals surface area contributed by atoms with Crippen molar-refractivity contribution in [2.75, 3.05) is 19.8 Å². The minimum absolute atomic E-state index is 0.351. The smallest absolute Gasteiger partial charge is 0.352 e. The van der Waals surface area contributed by atoms with Gasteiger partial charge in [0.25, 0.3) is 0 Å². The summed E-state index contributed by atoms with van der Waals surface area (Å²) < 4.78 is 16.5. The van der Waals surface area contributed by atoms with Crippen LogP contribution in [0.5, 0.6) is 11.5 Å². The molecule has 2 heterocycles. The highest BCUT2D eigenvalue weighted by molar-refractivity contribution is 9.11. The first kappa shape index (κ1) is 10.8. The van der Waals surface area contributed by atoms with E-state index in [0.29, 0.717) is 36.2 Å². The number of ether oxygens (including phenoxy) is 3. The summed E-state index contributed by atoms with van der Waals surface area (Å²) in [6.07, 6.45) is 0. The lowest BCUT2D eigenvalue weighted by atomic mass is 10.4. The Morgan fingerprint density at radius 2 is 2.13 bits per heavy atom. The zero-order chi connectivity index (χ0) is 10.8. The van der Waals surface area contributed by atoms with Crippen molar-refractivity contribution in [3.63, 3.8) is 0 Å². The third kappa shape index (κ3) is 1.96. The molecule has 0 unspecified atom stereocenters. The Morgan fingerprint density at radius 1 is 1.47 bits per heavy atom. The predicted octanol–water partition coefficient (Wildman–Crippen LogP) is 2.46. The van der Waals surface area contributed by atoms with Gasteiger partial charge in [0.1, 0.15) is 17.0 Å². The number of fused-ring (bicyclic) bond motifs is 1. The first-order valence-electron chi connectivity index (χ1n) is 4.49. The van der Waals surface area contributed by atoms with Crippen LogP contribution >= 0.6 is 27.3 Å². The van der Waals surface area contributed by atoms with Gasteiger partial charge in [-0.15, -0.1) is 11.3 Å². The minimum atomic E-state index is -0.366. The number of hydrogen-bond acceptors (Lipinski definition) is 5. The van der Waals surface area contributed by atoms with Crippen LogP contribution in [0.1, 0.15) is 16.6 Å². The van der Waals surface area contributed by atoms with Gasteiger partial charge in [-0.2, -0.15) is 0 Å². The van der Waals surface area contributed by atoms with Crippen molar-refractivity contribution in [3.05, 3.63) is 8.66 Å². The first-order valence-corrected chi connectivity index (χ1v) is 6.10. The van der Waals surface area contributed by atoms with Gasteiger partial charge < -0.3 is 14.2 Å². The van der Waals surface area contributed by atoms with E-state index in [9.17, 15) is 4.79 Å². The monoisotopic (exact) mass is 292 g/mol. The van der Waals surface area contributed by atoms with Crippen molar-refractivity contribution in [1.82, 2.24) is 0 Å². The molecular weight excluding hydrogens is 284 g/mol. The second kappa shape index (κ2) is 4.40. The second-order valence-corrected chi connectivity index (χ2v) is 5.12. The van der Waals surface area contributed by atoms with Crippen molar-refractivity contribution in [1.29, 1.82) is 0 Å². The Hall–Kier alpha value is -0.750. The number of halogens is 1. The van der Waals surface area contributed by atoms with Crippen molar-refractivity contribution in [2.24, 2.45) is 0 Å². The summed E-state index contributed by atoms with van der Waals surface area (Å²) >= 11 is 4.60. The second-order valence-electron chi connectivity index (χ2n) is 2.78. The standard InChI is InChI=1S/C9H9BrO4S/c1-2-12-9(11)7-5-6(8(10)15-7)14-4-3-13-5/h2-4H2,1H3. The van der Waals surface area contributed by atoms with E-state index in [-0.39, 0.29) is 5.97 Å². The van der Waals surface area contributed by atoms with Crippen molar-refractivity contribution in [3.8, 4) is 11.5 Å². The molecule has 1 aliphatic heterocycles. The van der Waals surface area contributed by atoms with E-state index >= 15 is 0 Å². The maximum atomic E-state index is 11.6. The molecular formula is C9H9BrO4S. The molecule has 2 rings (SSSR count). The van der Waals surface area contributed by atoms with Crippen molar-refractivity contribution in [2.45, 2.75) is 6.92 Å². The van der Waals surface area contributed by atoms with Crippen LogP contribution in [0.4, 0.5) is 0 Å². The van der Waals surface area contributed by atoms with Gasteiger partial charge in [0.15, 0.2) is 16.4 Å². The van der Waals surface area contributed by atoms with Gasteiger partial charge in [-0.05, 0) is 22.9 Å². The van der Waals surface area contributed by atoms with Crippen LogP contribution in [0.3, 0.4) is 0 Å². The summed E-state index contributed by atoms with van der Waals surface area (Å²) in [4.78, 5) is 12.0. The summed E-state index contributed by atoms with van der Waals surface area (Å²) in [6, 6.07) is 0. The molecule has 0 atom stereocenters. The van der Waals surface area contributed by atoms with E-state index in [1.807, 2.05) is 0 Å². The molecule has 1 aliphatic rings. The number of esters is 1. The van der Waals surface area contributed by atoms with E-state index in [4.69, 9.17) is 14.2 Å². The molecule has 0 amide bonds. The average molecular weight is 293 g/mol. The fraction of sp³-hybridized carbons (Fsp3) is 0.444. The van der Waals surface area contributed by atoms with Gasteiger partial charge >= 0.3 is 5.97 Å². The van der Waals surface area contributed by atoms with Crippen LogP contribution in [-0.2, 0) is 4.74 Å². The third-order valence-electron chi connectivity index (χ3n) is 1.82. The highest BCUT2D eigenvalue weighted by atomic mass is 79.9. The fourth-order valence-electron chi connectivity index (χ4n) is 1.25. The quantitative estimate of drug-likeness (QED) is 0.786. The van der Waals surface area contributed by atoms with E-state index in [1.54, 1.807) is 6.92 Å². The van der Waals surface area contributed by atoms with Crippen LogP contribution in [-0.4, -0.2) is 25.8 Å². The number of carbonyl (C=O) groups excluding carboxylic acids is 1. The van der Waals surface area contributed by atoms with Gasteiger partial charge in [0.05, 0.1) is 6.61 Å². The lowest BCUT2D eigenvalue weighted by Crippen LogP contribution is -2.16. The largest absolute Gasteiger partial charge is 0.484 e. The topological polar surface area (TPSA) is 44.8 Å². The SMILES string of the molecule is CCOC(=O)c1sc(Br)c2c1OCCO2. The Kier molecular flexibility index (Phi) is 3.16. The molecule has 1 aromatic heterocycles. The van der Waals surface area contributed by atoms with E-state index in [2.05, 4.69) is 15.9 Å². The molecule has 0 aromatic carbocycles. The van der Waals surface area contributed by atoms with Gasteiger partial charge in [0.2, 0.25) is 0 Å². The van der Waals surface area contributed by atoms with Gasteiger partial charge in [0, 0.05) is 0 Å². The predicted molar refractivity (Wildman–Crippen MR) is 59.0 cm³/mol. The molecule has 0 saturated carbocycles. The van der Waals surface area contributed by atoms with Gasteiger partial charge in [-0.3, -0.25) is 0 Å². The van der Waals surface area contributed by atoms with E-state index in [0.717, 1.165) is 3.79 Å². The highest BCUT2D eigenvalue weighted by Gasteiger charge is 2.27. The lowest BCUT2D eigenvalue weighted by Gasteiger charge is -2.15. The van der Waals surface area contributed by atoms with E-state index in [1.165, 1.54) is 11.3 Å². The van der Waals surface area contributed by atoms with Crippen LogP contribution in [0.2, 0.25) is 0 Å². The summed E-state index contributed by atoms with van der Waals surface area (Å²) in [6.45, 7) is 3.08. The summed E-state index contributed by atoms with van der Waals surface area (Å²) in [5, 5.41) is 0. The number of carbonyl (C=O) groups is 1. The molecule has 4 nitrogen and oxygen atoms in total. The molecule has 0 fully saturated rings. The summed E-state index contributed by atoms with van der Waals surface area (Å²) in [5.74, 6) is 0.737. The zero-order valence-electron chi connectivity index (χ0n) is 8.04. The molecule has 0 spiro atoms. The molecule has 6 heteroatoms. The molecule has 0 saturated heterocycles. The lowest BCUT2D eigenvalue weighted by molar-refractivity contribution is 0.0524. The number of thiophene rings is 1. The molecule has 0 N–H and O–H groups in total. The molecule has 82 valence electrons. The maximum absolute atomic E-state index is 11.6. The molecule has 15 heavy (non-hydrogen) atoms. The van der Waals surface area contributed by atoms with Crippen molar-refractivity contribution < 1.29 is 19.0 Å². The van der Waals surface area contributed by atoms with Crippen LogP contribution in [0, 0.1) is 0 Å². The van der Waals surface area contributed by atoms with Crippen LogP contribution in [0.15, 0.2) is 3.79 Å². The summed E-state index contributed by atoms with van der Waals surface area (Å²) in [5.41, 5.74) is 0. The first-order chi connectivity index (χ1) is 7.24. The van der Waals surface area contributed by atoms with Gasteiger partial charge in [-0.1, -0.05) is 0 Å². The molecule has 1 aromatic rings. The molecule has 0 bridgehead atoms. The highest BCUT2D eigenvalue weighted by Crippen LogP contribution is 2.47. The Balaban J connectivity index is 2.35.